The van der Waals surface area contributed by atoms with Gasteiger partial charge in [-0.1, -0.05) is 36.3 Å². The molecule has 0 heterocycles. The van der Waals surface area contributed by atoms with Gasteiger partial charge in [0.15, 0.2) is 0 Å². The number of aliphatic carboxylic acids is 1. The van der Waals surface area contributed by atoms with E-state index in [0.29, 0.717) is 5.56 Å². The van der Waals surface area contributed by atoms with E-state index in [1.165, 1.54) is 0 Å². The number of terminal acetylenes is 1. The first-order chi connectivity index (χ1) is 7.96. The molecular weight excluding hydrogens is 216 g/mol. The van der Waals surface area contributed by atoms with Crippen molar-refractivity contribution in [2.45, 2.75) is 25.4 Å². The van der Waals surface area contributed by atoms with Crippen LogP contribution in [-0.2, 0) is 9.53 Å². The molecule has 0 saturated heterocycles. The van der Waals surface area contributed by atoms with Crippen molar-refractivity contribution in [1.82, 2.24) is 0 Å². The van der Waals surface area contributed by atoms with E-state index in [0.717, 1.165) is 0 Å². The molecular formula is C14H16O3. The van der Waals surface area contributed by atoms with Crippen molar-refractivity contribution in [3.05, 3.63) is 35.9 Å². The Labute approximate surface area is 101 Å². The maximum Gasteiger partial charge on any atom is 0.313 e. The van der Waals surface area contributed by atoms with E-state index < -0.39 is 17.5 Å². The summed E-state index contributed by atoms with van der Waals surface area (Å²) in [4.78, 5) is 11.2. The quantitative estimate of drug-likeness (QED) is 0.792. The molecule has 1 N–H and O–H groups in total. The minimum atomic E-state index is -0.913. The predicted octanol–water partition coefficient (Wildman–Crippen LogP) is 2.28. The van der Waals surface area contributed by atoms with Crippen LogP contribution in [0.25, 0.3) is 0 Å². The van der Waals surface area contributed by atoms with Crippen LogP contribution in [0.15, 0.2) is 30.3 Å². The van der Waals surface area contributed by atoms with Gasteiger partial charge in [-0.05, 0) is 19.4 Å². The monoisotopic (exact) mass is 232 g/mol. The fourth-order valence-corrected chi connectivity index (χ4v) is 1.33. The molecule has 0 fully saturated rings. The lowest BCUT2D eigenvalue weighted by Crippen LogP contribution is -2.27. The number of carboxylic acid groups (broad SMARTS) is 1. The van der Waals surface area contributed by atoms with Gasteiger partial charge in [0.2, 0.25) is 0 Å². The highest BCUT2D eigenvalue weighted by molar-refractivity contribution is 5.76. The van der Waals surface area contributed by atoms with E-state index in [-0.39, 0.29) is 6.61 Å². The lowest BCUT2D eigenvalue weighted by atomic mass is 10.00. The molecule has 0 bridgehead atoms. The van der Waals surface area contributed by atoms with E-state index >= 15 is 0 Å². The Bertz CT molecular complexity index is 415. The molecule has 0 radical (unpaired) electrons. The van der Waals surface area contributed by atoms with E-state index in [9.17, 15) is 4.79 Å². The Morgan fingerprint density at radius 3 is 2.53 bits per heavy atom. The average Bonchev–Trinajstić information content (AvgIpc) is 2.30. The smallest absolute Gasteiger partial charge is 0.313 e. The second-order valence-corrected chi connectivity index (χ2v) is 4.27. The molecule has 0 aromatic heterocycles. The second kappa shape index (κ2) is 5.51. The number of ether oxygens (including phenoxy) is 1. The first-order valence-corrected chi connectivity index (χ1v) is 5.36. The molecule has 90 valence electrons. The van der Waals surface area contributed by atoms with Crippen molar-refractivity contribution in [3.63, 3.8) is 0 Å². The van der Waals surface area contributed by atoms with Gasteiger partial charge in [-0.3, -0.25) is 4.79 Å². The summed E-state index contributed by atoms with van der Waals surface area (Å²) in [5.41, 5.74) is -0.0320. The molecule has 0 saturated carbocycles. The molecule has 0 aliphatic carbocycles. The lowest BCUT2D eigenvalue weighted by molar-refractivity contribution is -0.141. The lowest BCUT2D eigenvalue weighted by Gasteiger charge is -2.21. The summed E-state index contributed by atoms with van der Waals surface area (Å²) in [5, 5.41) is 9.16. The number of rotatable bonds is 5. The SMILES string of the molecule is C#CC(C)(C)OCC(C(=O)O)c1ccccc1. The molecule has 1 aromatic rings. The molecule has 1 unspecified atom stereocenters. The standard InChI is InChI=1S/C14H16O3/c1-4-14(2,3)17-10-12(13(15)16)11-8-6-5-7-9-11/h1,5-9,12H,10H2,2-3H3,(H,15,16). The third kappa shape index (κ3) is 3.93. The van der Waals surface area contributed by atoms with E-state index in [1.807, 2.05) is 6.07 Å². The Morgan fingerprint density at radius 1 is 1.47 bits per heavy atom. The van der Waals surface area contributed by atoms with Crippen LogP contribution in [0.4, 0.5) is 0 Å². The summed E-state index contributed by atoms with van der Waals surface area (Å²) in [6.07, 6.45) is 5.28. The maximum absolute atomic E-state index is 11.2. The van der Waals surface area contributed by atoms with Gasteiger partial charge >= 0.3 is 5.97 Å². The number of carboxylic acids is 1. The third-order valence-corrected chi connectivity index (χ3v) is 2.46. The van der Waals surface area contributed by atoms with Gasteiger partial charge in [0.1, 0.15) is 11.5 Å². The highest BCUT2D eigenvalue weighted by Crippen LogP contribution is 2.19. The van der Waals surface area contributed by atoms with Gasteiger partial charge in [-0.2, -0.15) is 0 Å². The summed E-state index contributed by atoms with van der Waals surface area (Å²) in [7, 11) is 0. The molecule has 1 atom stereocenters. The largest absolute Gasteiger partial charge is 0.481 e. The van der Waals surface area contributed by atoms with Crippen molar-refractivity contribution in [1.29, 1.82) is 0 Å². The topological polar surface area (TPSA) is 46.5 Å². The van der Waals surface area contributed by atoms with Crippen LogP contribution in [0, 0.1) is 12.3 Å². The van der Waals surface area contributed by atoms with Crippen LogP contribution < -0.4 is 0 Å². The third-order valence-electron chi connectivity index (χ3n) is 2.46. The van der Waals surface area contributed by atoms with E-state index in [4.69, 9.17) is 16.3 Å². The van der Waals surface area contributed by atoms with Crippen molar-refractivity contribution >= 4 is 5.97 Å². The van der Waals surface area contributed by atoms with Gasteiger partial charge in [0.25, 0.3) is 0 Å². The fourth-order valence-electron chi connectivity index (χ4n) is 1.33. The normalized spacial score (nSPS) is 12.8. The predicted molar refractivity (Wildman–Crippen MR) is 65.7 cm³/mol. The molecule has 0 aliphatic heterocycles. The van der Waals surface area contributed by atoms with Crippen LogP contribution in [0.5, 0.6) is 0 Å². The first kappa shape index (κ1) is 13.3. The first-order valence-electron chi connectivity index (χ1n) is 5.36. The Morgan fingerprint density at radius 2 is 2.06 bits per heavy atom. The molecule has 0 spiro atoms. The van der Waals surface area contributed by atoms with Gasteiger partial charge in [0.05, 0.1) is 6.61 Å². The Hall–Kier alpha value is -1.79. The minimum Gasteiger partial charge on any atom is -0.481 e. The number of hydrogen-bond donors (Lipinski definition) is 1. The van der Waals surface area contributed by atoms with Crippen molar-refractivity contribution < 1.29 is 14.6 Å². The fraction of sp³-hybridized carbons (Fsp3) is 0.357. The summed E-state index contributed by atoms with van der Waals surface area (Å²) < 4.78 is 5.44. The molecule has 1 rings (SSSR count). The Balaban J connectivity index is 2.77. The molecule has 0 aliphatic rings. The molecule has 0 amide bonds. The van der Waals surface area contributed by atoms with Gasteiger partial charge in [-0.15, -0.1) is 6.42 Å². The second-order valence-electron chi connectivity index (χ2n) is 4.27. The number of hydrogen-bond acceptors (Lipinski definition) is 2. The molecule has 3 heteroatoms. The van der Waals surface area contributed by atoms with Crippen molar-refractivity contribution in [3.8, 4) is 12.3 Å². The van der Waals surface area contributed by atoms with Crippen LogP contribution in [0.3, 0.4) is 0 Å². The van der Waals surface area contributed by atoms with Crippen LogP contribution in [-0.4, -0.2) is 23.3 Å². The van der Waals surface area contributed by atoms with Crippen molar-refractivity contribution in [2.75, 3.05) is 6.61 Å². The van der Waals surface area contributed by atoms with Crippen LogP contribution in [0.1, 0.15) is 25.3 Å². The zero-order valence-electron chi connectivity index (χ0n) is 10.0. The zero-order valence-corrected chi connectivity index (χ0v) is 10.0. The minimum absolute atomic E-state index is 0.0660. The number of carbonyl (C=O) groups is 1. The van der Waals surface area contributed by atoms with Gasteiger partial charge < -0.3 is 9.84 Å². The van der Waals surface area contributed by atoms with Gasteiger partial charge in [0, 0.05) is 0 Å². The van der Waals surface area contributed by atoms with Crippen molar-refractivity contribution in [2.24, 2.45) is 0 Å². The summed E-state index contributed by atoms with van der Waals surface area (Å²) in [6.45, 7) is 3.53. The number of benzene rings is 1. The highest BCUT2D eigenvalue weighted by atomic mass is 16.5. The van der Waals surface area contributed by atoms with E-state index in [2.05, 4.69) is 5.92 Å². The van der Waals surface area contributed by atoms with Crippen LogP contribution >= 0.6 is 0 Å². The summed E-state index contributed by atoms with van der Waals surface area (Å²) in [6, 6.07) is 8.99. The maximum atomic E-state index is 11.2. The zero-order chi connectivity index (χ0) is 12.9. The molecule has 1 aromatic carbocycles. The average molecular weight is 232 g/mol. The van der Waals surface area contributed by atoms with E-state index in [1.54, 1.807) is 38.1 Å². The summed E-state index contributed by atoms with van der Waals surface area (Å²) in [5.74, 6) is 0.868. The molecule has 17 heavy (non-hydrogen) atoms. The molecule has 3 nitrogen and oxygen atoms in total. The van der Waals surface area contributed by atoms with Crippen LogP contribution in [0.2, 0.25) is 0 Å². The van der Waals surface area contributed by atoms with Gasteiger partial charge in [-0.25, -0.2) is 0 Å². The Kier molecular flexibility index (Phi) is 4.30. The summed E-state index contributed by atoms with van der Waals surface area (Å²) >= 11 is 0. The highest BCUT2D eigenvalue weighted by Gasteiger charge is 2.24.